The van der Waals surface area contributed by atoms with Crippen molar-refractivity contribution in [3.63, 3.8) is 0 Å². The van der Waals surface area contributed by atoms with Gasteiger partial charge in [-0.25, -0.2) is 0 Å². The number of hydrogen-bond acceptors (Lipinski definition) is 5. The molecule has 2 aromatic carbocycles. The summed E-state index contributed by atoms with van der Waals surface area (Å²) in [5.41, 5.74) is 3.00. The number of nitrogens with zero attached hydrogens (tertiary/aromatic N) is 2. The van der Waals surface area contributed by atoms with E-state index in [1.807, 2.05) is 49.4 Å². The number of rotatable bonds is 7. The number of piperidine rings is 1. The molecule has 186 valence electrons. The number of benzene rings is 2. The Kier molecular flexibility index (Phi) is 6.79. The average Bonchev–Trinajstić information content (AvgIpc) is 3.51. The highest BCUT2D eigenvalue weighted by atomic mass is 16.3. The van der Waals surface area contributed by atoms with Crippen molar-refractivity contribution in [1.29, 1.82) is 0 Å². The Bertz CT molecular complexity index is 1260. The zero-order chi connectivity index (χ0) is 25.2. The van der Waals surface area contributed by atoms with Crippen LogP contribution in [0.5, 0.6) is 0 Å². The summed E-state index contributed by atoms with van der Waals surface area (Å²) in [5.74, 6) is -0.713. The highest BCUT2D eigenvalue weighted by molar-refractivity contribution is 6.15. The van der Waals surface area contributed by atoms with Crippen molar-refractivity contribution < 1.29 is 19.1 Å². The van der Waals surface area contributed by atoms with Gasteiger partial charge in [0.15, 0.2) is 11.5 Å². The maximum absolute atomic E-state index is 13.6. The smallest absolute Gasteiger partial charge is 0.290 e. The Morgan fingerprint density at radius 3 is 2.47 bits per heavy atom. The van der Waals surface area contributed by atoms with E-state index in [4.69, 9.17) is 4.42 Å². The molecule has 5 rings (SSSR count). The fraction of sp³-hybridized carbons (Fsp3) is 0.333. The molecule has 1 amide bonds. The van der Waals surface area contributed by atoms with Crippen molar-refractivity contribution in [2.75, 3.05) is 19.6 Å². The molecule has 3 aromatic rings. The number of amides is 1. The predicted molar refractivity (Wildman–Crippen MR) is 137 cm³/mol. The summed E-state index contributed by atoms with van der Waals surface area (Å²) >= 11 is 0. The Hall–Kier alpha value is -3.64. The molecule has 2 aliphatic heterocycles. The maximum Gasteiger partial charge on any atom is 0.290 e. The van der Waals surface area contributed by atoms with Crippen LogP contribution in [0.1, 0.15) is 59.1 Å². The molecule has 1 fully saturated rings. The summed E-state index contributed by atoms with van der Waals surface area (Å²) < 4.78 is 5.36. The lowest BCUT2D eigenvalue weighted by Gasteiger charge is -2.40. The second kappa shape index (κ2) is 10.2. The molecule has 2 aliphatic rings. The Morgan fingerprint density at radius 1 is 1.06 bits per heavy atom. The third-order valence-electron chi connectivity index (χ3n) is 7.46. The number of likely N-dealkylation sites (tertiary alicyclic amines) is 1. The SMILES string of the molecule is Cc1cccc(C2C(C(=O)c3ccco3)=C(O)C(=O)N2CC(c2ccccc2)N2CCC(C)CC2)c1. The van der Waals surface area contributed by atoms with E-state index in [1.165, 1.54) is 6.26 Å². The maximum atomic E-state index is 13.6. The molecule has 1 N–H and O–H groups in total. The van der Waals surface area contributed by atoms with Gasteiger partial charge >= 0.3 is 0 Å². The number of carbonyl (C=O) groups is 2. The number of aryl methyl sites for hydroxylation is 1. The fourth-order valence-electron chi connectivity index (χ4n) is 5.43. The summed E-state index contributed by atoms with van der Waals surface area (Å²) in [6, 6.07) is 20.4. The van der Waals surface area contributed by atoms with Crippen molar-refractivity contribution in [2.45, 2.75) is 38.8 Å². The topological polar surface area (TPSA) is 74.0 Å². The molecule has 0 spiro atoms. The highest BCUT2D eigenvalue weighted by Crippen LogP contribution is 2.41. The summed E-state index contributed by atoms with van der Waals surface area (Å²) in [6.45, 7) is 6.49. The fourth-order valence-corrected chi connectivity index (χ4v) is 5.43. The van der Waals surface area contributed by atoms with Crippen LogP contribution in [0.3, 0.4) is 0 Å². The first-order valence-corrected chi connectivity index (χ1v) is 12.6. The highest BCUT2D eigenvalue weighted by Gasteiger charge is 2.45. The van der Waals surface area contributed by atoms with E-state index >= 15 is 0 Å². The number of carbonyl (C=O) groups excluding carboxylic acids is 2. The van der Waals surface area contributed by atoms with Gasteiger partial charge in [-0.05, 0) is 62.0 Å². The van der Waals surface area contributed by atoms with Gasteiger partial charge in [0.2, 0.25) is 5.78 Å². The van der Waals surface area contributed by atoms with Gasteiger partial charge in [-0.2, -0.15) is 0 Å². The standard InChI is InChI=1S/C30H32N2O4/c1-20-13-15-31(16-14-20)24(22-9-4-3-5-10-22)19-32-27(23-11-6-8-21(2)18-23)26(29(34)30(32)35)28(33)25-12-7-17-36-25/h3-12,17-18,20,24,27,34H,13-16,19H2,1-2H3. The molecular formula is C30H32N2O4. The lowest BCUT2D eigenvalue weighted by Crippen LogP contribution is -2.43. The molecule has 36 heavy (non-hydrogen) atoms. The van der Waals surface area contributed by atoms with Gasteiger partial charge in [0.1, 0.15) is 0 Å². The summed E-state index contributed by atoms with van der Waals surface area (Å²) in [7, 11) is 0. The molecule has 6 heteroatoms. The molecule has 0 bridgehead atoms. The normalized spacial score (nSPS) is 20.2. The number of ketones is 1. The molecule has 3 heterocycles. The number of aliphatic hydroxyl groups is 1. The monoisotopic (exact) mass is 484 g/mol. The Balaban J connectivity index is 1.56. The van der Waals surface area contributed by atoms with Gasteiger partial charge in [0, 0.05) is 6.54 Å². The minimum absolute atomic E-state index is 0.0548. The number of hydrogen-bond donors (Lipinski definition) is 1. The molecule has 2 unspecified atom stereocenters. The van der Waals surface area contributed by atoms with Gasteiger partial charge in [0.25, 0.3) is 5.91 Å². The minimum Gasteiger partial charge on any atom is -0.503 e. The summed E-state index contributed by atoms with van der Waals surface area (Å²) in [6.07, 6.45) is 3.62. The summed E-state index contributed by atoms with van der Waals surface area (Å²) in [4.78, 5) is 31.1. The van der Waals surface area contributed by atoms with Crippen LogP contribution in [0.15, 0.2) is 88.7 Å². The number of Topliss-reactive ketones (excluding diaryl/α,β-unsaturated/α-hetero) is 1. The molecule has 1 aromatic heterocycles. The molecule has 0 radical (unpaired) electrons. The lowest BCUT2D eigenvalue weighted by atomic mass is 9.92. The van der Waals surface area contributed by atoms with Crippen LogP contribution >= 0.6 is 0 Å². The van der Waals surface area contributed by atoms with E-state index in [1.54, 1.807) is 17.0 Å². The lowest BCUT2D eigenvalue weighted by molar-refractivity contribution is -0.130. The van der Waals surface area contributed by atoms with Crippen LogP contribution in [0.25, 0.3) is 0 Å². The first kappa shape index (κ1) is 24.1. The van der Waals surface area contributed by atoms with E-state index < -0.39 is 23.5 Å². The van der Waals surface area contributed by atoms with Crippen molar-refractivity contribution in [3.8, 4) is 0 Å². The van der Waals surface area contributed by atoms with Crippen LogP contribution in [0.4, 0.5) is 0 Å². The second-order valence-electron chi connectivity index (χ2n) is 9.99. The Labute approximate surface area is 211 Å². The van der Waals surface area contributed by atoms with Crippen LogP contribution in [-0.2, 0) is 4.79 Å². The van der Waals surface area contributed by atoms with Gasteiger partial charge in [-0.1, -0.05) is 67.1 Å². The zero-order valence-electron chi connectivity index (χ0n) is 20.8. The quantitative estimate of drug-likeness (QED) is 0.440. The molecular weight excluding hydrogens is 452 g/mol. The van der Waals surface area contributed by atoms with Crippen LogP contribution in [0.2, 0.25) is 0 Å². The third kappa shape index (κ3) is 4.61. The molecule has 0 aliphatic carbocycles. The third-order valence-corrected chi connectivity index (χ3v) is 7.46. The number of furan rings is 1. The first-order valence-electron chi connectivity index (χ1n) is 12.6. The van der Waals surface area contributed by atoms with Crippen molar-refractivity contribution in [1.82, 2.24) is 9.80 Å². The molecule has 2 atom stereocenters. The van der Waals surface area contributed by atoms with Crippen LogP contribution in [0, 0.1) is 12.8 Å². The van der Waals surface area contributed by atoms with Gasteiger partial charge in [0.05, 0.1) is 23.9 Å². The largest absolute Gasteiger partial charge is 0.503 e. The minimum atomic E-state index is -0.704. The van der Waals surface area contributed by atoms with E-state index in [-0.39, 0.29) is 17.4 Å². The van der Waals surface area contributed by atoms with Gasteiger partial charge in [-0.3, -0.25) is 14.5 Å². The van der Waals surface area contributed by atoms with Gasteiger partial charge < -0.3 is 14.4 Å². The van der Waals surface area contributed by atoms with E-state index in [0.717, 1.165) is 42.6 Å². The van der Waals surface area contributed by atoms with Crippen molar-refractivity contribution in [2.24, 2.45) is 5.92 Å². The van der Waals surface area contributed by atoms with E-state index in [9.17, 15) is 14.7 Å². The van der Waals surface area contributed by atoms with Crippen molar-refractivity contribution in [3.05, 3.63) is 107 Å². The summed E-state index contributed by atoms with van der Waals surface area (Å²) in [5, 5.41) is 11.0. The first-order chi connectivity index (χ1) is 17.4. The predicted octanol–water partition coefficient (Wildman–Crippen LogP) is 5.64. The molecule has 1 saturated heterocycles. The van der Waals surface area contributed by atoms with E-state index in [0.29, 0.717) is 12.5 Å². The van der Waals surface area contributed by atoms with Crippen LogP contribution in [-0.4, -0.2) is 46.2 Å². The Morgan fingerprint density at radius 2 is 1.81 bits per heavy atom. The van der Waals surface area contributed by atoms with Gasteiger partial charge in [-0.15, -0.1) is 0 Å². The van der Waals surface area contributed by atoms with E-state index in [2.05, 4.69) is 24.0 Å². The molecule has 0 saturated carbocycles. The number of aliphatic hydroxyl groups excluding tert-OH is 1. The van der Waals surface area contributed by atoms with Crippen LogP contribution < -0.4 is 0 Å². The molecule has 6 nitrogen and oxygen atoms in total. The second-order valence-corrected chi connectivity index (χ2v) is 9.99. The zero-order valence-corrected chi connectivity index (χ0v) is 20.8. The van der Waals surface area contributed by atoms with Crippen molar-refractivity contribution >= 4 is 11.7 Å². The average molecular weight is 485 g/mol.